The number of hydrogen-bond acceptors (Lipinski definition) is 2. The molecule has 1 N–H and O–H groups in total. The number of nitrogens with one attached hydrogen (secondary N) is 1. The van der Waals surface area contributed by atoms with Crippen LogP contribution in [-0.4, -0.2) is 16.7 Å². The summed E-state index contributed by atoms with van der Waals surface area (Å²) in [6.07, 6.45) is 5.53. The van der Waals surface area contributed by atoms with Crippen LogP contribution in [0.2, 0.25) is 0 Å². The first-order valence-corrected chi connectivity index (χ1v) is 7.00. The van der Waals surface area contributed by atoms with E-state index in [0.717, 1.165) is 17.9 Å². The van der Waals surface area contributed by atoms with Gasteiger partial charge in [-0.1, -0.05) is 13.8 Å². The summed E-state index contributed by atoms with van der Waals surface area (Å²) in [7, 11) is 0. The molecule has 1 heterocycles. The lowest BCUT2D eigenvalue weighted by Gasteiger charge is -2.47. The molecule has 1 nitrogen and oxygen atoms in total. The molecule has 3 unspecified atom stereocenters. The summed E-state index contributed by atoms with van der Waals surface area (Å²) in [5.74, 6) is 3.17. The highest BCUT2D eigenvalue weighted by Crippen LogP contribution is 2.45. The molecule has 2 rings (SSSR count). The van der Waals surface area contributed by atoms with E-state index < -0.39 is 0 Å². The zero-order valence-electron chi connectivity index (χ0n) is 9.68. The van der Waals surface area contributed by atoms with Crippen LogP contribution < -0.4 is 5.32 Å². The summed E-state index contributed by atoms with van der Waals surface area (Å²) in [5.41, 5.74) is 0. The molecule has 1 spiro atoms. The Morgan fingerprint density at radius 3 is 2.36 bits per heavy atom. The van der Waals surface area contributed by atoms with Crippen LogP contribution >= 0.6 is 11.8 Å². The Labute approximate surface area is 92.4 Å². The van der Waals surface area contributed by atoms with Crippen LogP contribution in [0, 0.1) is 11.8 Å². The van der Waals surface area contributed by atoms with Crippen molar-refractivity contribution in [2.45, 2.75) is 57.4 Å². The molecular weight excluding hydrogens is 190 g/mol. The Balaban J connectivity index is 2.05. The maximum Gasteiger partial charge on any atom is 0.0652 e. The van der Waals surface area contributed by atoms with Gasteiger partial charge in [0.2, 0.25) is 0 Å². The first-order valence-electron chi connectivity index (χ1n) is 6.01. The molecule has 2 aliphatic rings. The first kappa shape index (κ1) is 10.8. The van der Waals surface area contributed by atoms with Gasteiger partial charge in [-0.3, -0.25) is 0 Å². The fourth-order valence-corrected chi connectivity index (χ4v) is 5.24. The van der Waals surface area contributed by atoms with E-state index >= 15 is 0 Å². The van der Waals surface area contributed by atoms with E-state index in [-0.39, 0.29) is 0 Å². The lowest BCUT2D eigenvalue weighted by atomic mass is 9.79. The molecule has 1 aliphatic heterocycles. The summed E-state index contributed by atoms with van der Waals surface area (Å²) in [5, 5.41) is 3.86. The summed E-state index contributed by atoms with van der Waals surface area (Å²) in [6, 6.07) is 0.730. The largest absolute Gasteiger partial charge is 0.300 e. The van der Waals surface area contributed by atoms with Crippen LogP contribution in [-0.2, 0) is 0 Å². The monoisotopic (exact) mass is 213 g/mol. The van der Waals surface area contributed by atoms with Crippen LogP contribution in [0.15, 0.2) is 0 Å². The molecular formula is C12H23NS. The predicted molar refractivity (Wildman–Crippen MR) is 64.6 cm³/mol. The maximum absolute atomic E-state index is 3.86. The van der Waals surface area contributed by atoms with Gasteiger partial charge in [-0.15, -0.1) is 11.8 Å². The second kappa shape index (κ2) is 4.05. The van der Waals surface area contributed by atoms with E-state index in [2.05, 4.69) is 37.8 Å². The maximum atomic E-state index is 3.86. The normalized spacial score (nSPS) is 49.5. The third-order valence-electron chi connectivity index (χ3n) is 3.60. The third kappa shape index (κ3) is 2.27. The molecule has 2 heteroatoms. The van der Waals surface area contributed by atoms with E-state index in [4.69, 9.17) is 0 Å². The molecule has 1 aliphatic carbocycles. The number of rotatable bonds is 0. The summed E-state index contributed by atoms with van der Waals surface area (Å²) < 4.78 is 0. The molecule has 3 atom stereocenters. The minimum atomic E-state index is 0.439. The molecule has 0 radical (unpaired) electrons. The van der Waals surface area contributed by atoms with Crippen molar-refractivity contribution in [3.63, 3.8) is 0 Å². The fourth-order valence-electron chi connectivity index (χ4n) is 3.29. The predicted octanol–water partition coefficient (Wildman–Crippen LogP) is 3.25. The molecule has 0 aromatic heterocycles. The lowest BCUT2D eigenvalue weighted by molar-refractivity contribution is 0.198. The highest BCUT2D eigenvalue weighted by atomic mass is 32.2. The van der Waals surface area contributed by atoms with Gasteiger partial charge in [0.25, 0.3) is 0 Å². The Bertz CT molecular complexity index is 189. The van der Waals surface area contributed by atoms with Gasteiger partial charge in [0, 0.05) is 6.04 Å². The van der Waals surface area contributed by atoms with Crippen molar-refractivity contribution in [1.29, 1.82) is 0 Å². The number of thioether (sulfide) groups is 1. The van der Waals surface area contributed by atoms with Gasteiger partial charge in [0.05, 0.1) is 4.87 Å². The summed E-state index contributed by atoms with van der Waals surface area (Å²) >= 11 is 2.19. The highest BCUT2D eigenvalue weighted by molar-refractivity contribution is 8.00. The standard InChI is InChI=1S/C12H23NS/c1-9-6-10(2)8-12(7-9)13-11(3)4-5-14-12/h9-11,13H,4-8H2,1-3H3. The van der Waals surface area contributed by atoms with Gasteiger partial charge in [-0.05, 0) is 50.2 Å². The van der Waals surface area contributed by atoms with Crippen molar-refractivity contribution >= 4 is 11.8 Å². The fraction of sp³-hybridized carbons (Fsp3) is 1.00. The summed E-state index contributed by atoms with van der Waals surface area (Å²) in [4.78, 5) is 0.439. The average molecular weight is 213 g/mol. The minimum Gasteiger partial charge on any atom is -0.300 e. The topological polar surface area (TPSA) is 12.0 Å². The van der Waals surface area contributed by atoms with Gasteiger partial charge in [-0.2, -0.15) is 0 Å². The second-order valence-corrected chi connectivity index (χ2v) is 7.01. The van der Waals surface area contributed by atoms with E-state index in [1.54, 1.807) is 0 Å². The van der Waals surface area contributed by atoms with Gasteiger partial charge >= 0.3 is 0 Å². The van der Waals surface area contributed by atoms with Crippen molar-refractivity contribution in [1.82, 2.24) is 5.32 Å². The van der Waals surface area contributed by atoms with Crippen molar-refractivity contribution in [3.8, 4) is 0 Å². The molecule has 2 fully saturated rings. The Morgan fingerprint density at radius 1 is 1.14 bits per heavy atom. The average Bonchev–Trinajstić information content (AvgIpc) is 1.99. The second-order valence-electron chi connectivity index (χ2n) is 5.53. The van der Waals surface area contributed by atoms with E-state index in [1.165, 1.54) is 31.4 Å². The molecule has 0 aromatic rings. The van der Waals surface area contributed by atoms with Crippen LogP contribution in [0.4, 0.5) is 0 Å². The van der Waals surface area contributed by atoms with Crippen molar-refractivity contribution in [3.05, 3.63) is 0 Å². The number of hydrogen-bond donors (Lipinski definition) is 1. The Kier molecular flexibility index (Phi) is 3.13. The SMILES string of the molecule is CC1CC(C)CC2(C1)NC(C)CCS2. The van der Waals surface area contributed by atoms with Crippen molar-refractivity contribution in [2.75, 3.05) is 5.75 Å². The van der Waals surface area contributed by atoms with E-state index in [9.17, 15) is 0 Å². The zero-order valence-corrected chi connectivity index (χ0v) is 10.5. The molecule has 0 bridgehead atoms. The Morgan fingerprint density at radius 2 is 1.79 bits per heavy atom. The molecule has 1 saturated heterocycles. The van der Waals surface area contributed by atoms with Crippen LogP contribution in [0.25, 0.3) is 0 Å². The van der Waals surface area contributed by atoms with Crippen LogP contribution in [0.3, 0.4) is 0 Å². The van der Waals surface area contributed by atoms with Gasteiger partial charge in [0.1, 0.15) is 0 Å². The van der Waals surface area contributed by atoms with E-state index in [0.29, 0.717) is 4.87 Å². The van der Waals surface area contributed by atoms with Crippen LogP contribution in [0.1, 0.15) is 46.5 Å². The van der Waals surface area contributed by atoms with Gasteiger partial charge in [0.15, 0.2) is 0 Å². The molecule has 0 amide bonds. The third-order valence-corrected chi connectivity index (χ3v) is 5.04. The van der Waals surface area contributed by atoms with Crippen LogP contribution in [0.5, 0.6) is 0 Å². The smallest absolute Gasteiger partial charge is 0.0652 e. The highest BCUT2D eigenvalue weighted by Gasteiger charge is 2.40. The Hall–Kier alpha value is 0.310. The zero-order chi connectivity index (χ0) is 10.2. The summed E-state index contributed by atoms with van der Waals surface area (Å²) in [6.45, 7) is 7.17. The first-order chi connectivity index (χ1) is 6.60. The molecule has 14 heavy (non-hydrogen) atoms. The van der Waals surface area contributed by atoms with Crippen molar-refractivity contribution in [2.24, 2.45) is 11.8 Å². The molecule has 0 aromatic carbocycles. The van der Waals surface area contributed by atoms with Crippen molar-refractivity contribution < 1.29 is 0 Å². The molecule has 1 saturated carbocycles. The van der Waals surface area contributed by atoms with E-state index in [1.807, 2.05) is 0 Å². The molecule has 82 valence electrons. The van der Waals surface area contributed by atoms with Gasteiger partial charge < -0.3 is 5.32 Å². The van der Waals surface area contributed by atoms with Gasteiger partial charge in [-0.25, -0.2) is 0 Å². The lowest BCUT2D eigenvalue weighted by Crippen LogP contribution is -2.54. The quantitative estimate of drug-likeness (QED) is 0.663. The minimum absolute atomic E-state index is 0.439.